The second kappa shape index (κ2) is 8.26. The van der Waals surface area contributed by atoms with Gasteiger partial charge in [0.1, 0.15) is 0 Å². The fourth-order valence-electron chi connectivity index (χ4n) is 3.36. The van der Waals surface area contributed by atoms with Gasteiger partial charge in [0.05, 0.1) is 10.9 Å². The van der Waals surface area contributed by atoms with Crippen LogP contribution in [0.3, 0.4) is 0 Å². The molecule has 0 atom stereocenters. The molecule has 0 aliphatic heterocycles. The summed E-state index contributed by atoms with van der Waals surface area (Å²) in [5.74, 6) is -0.227. The van der Waals surface area contributed by atoms with Crippen molar-refractivity contribution in [1.29, 1.82) is 0 Å². The molecule has 0 spiro atoms. The van der Waals surface area contributed by atoms with Crippen molar-refractivity contribution in [2.45, 2.75) is 54.0 Å². The molecule has 0 saturated carbocycles. The molecule has 1 aromatic carbocycles. The minimum atomic E-state index is -0.607. The molecule has 0 aliphatic carbocycles. The highest BCUT2D eigenvalue weighted by Crippen LogP contribution is 2.23. The van der Waals surface area contributed by atoms with E-state index in [4.69, 9.17) is 0 Å². The van der Waals surface area contributed by atoms with Gasteiger partial charge in [-0.25, -0.2) is 9.78 Å². The van der Waals surface area contributed by atoms with E-state index < -0.39 is 17.2 Å². The van der Waals surface area contributed by atoms with Crippen LogP contribution < -0.4 is 16.6 Å². The van der Waals surface area contributed by atoms with Crippen LogP contribution in [0.4, 0.5) is 5.69 Å². The highest BCUT2D eigenvalue weighted by atomic mass is 16.2. The maximum atomic E-state index is 13.3. The van der Waals surface area contributed by atoms with Crippen LogP contribution in [0.1, 0.15) is 60.8 Å². The molecule has 0 aliphatic rings. The quantitative estimate of drug-likeness (QED) is 0.672. The number of fused-ring (bicyclic) bond motifs is 1. The van der Waals surface area contributed by atoms with Crippen LogP contribution in [-0.4, -0.2) is 20.4 Å². The molecule has 158 valence electrons. The van der Waals surface area contributed by atoms with Crippen molar-refractivity contribution in [2.24, 2.45) is 5.92 Å². The first kappa shape index (κ1) is 21.5. The van der Waals surface area contributed by atoms with Crippen molar-refractivity contribution >= 4 is 22.6 Å². The number of H-pyrrole nitrogens is 1. The first-order valence-corrected chi connectivity index (χ1v) is 10.1. The van der Waals surface area contributed by atoms with Gasteiger partial charge in [-0.05, 0) is 48.9 Å². The molecule has 30 heavy (non-hydrogen) atoms. The Morgan fingerprint density at radius 2 is 1.83 bits per heavy atom. The maximum Gasteiger partial charge on any atom is 0.330 e. The van der Waals surface area contributed by atoms with Gasteiger partial charge in [-0.3, -0.25) is 19.1 Å². The van der Waals surface area contributed by atoms with E-state index >= 15 is 0 Å². The number of nitrogens with one attached hydrogen (secondary N) is 2. The van der Waals surface area contributed by atoms with Crippen LogP contribution in [0.25, 0.3) is 11.0 Å². The van der Waals surface area contributed by atoms with Crippen molar-refractivity contribution in [1.82, 2.24) is 14.5 Å². The molecule has 0 fully saturated rings. The maximum absolute atomic E-state index is 13.3. The molecule has 0 radical (unpaired) electrons. The number of hydrogen-bond acceptors (Lipinski definition) is 4. The largest absolute Gasteiger partial charge is 0.330 e. The first-order valence-electron chi connectivity index (χ1n) is 10.1. The van der Waals surface area contributed by atoms with Gasteiger partial charge in [0.25, 0.3) is 11.5 Å². The first-order chi connectivity index (χ1) is 14.1. The summed E-state index contributed by atoms with van der Waals surface area (Å²) in [6.45, 7) is 12.1. The van der Waals surface area contributed by atoms with E-state index in [2.05, 4.69) is 15.3 Å². The van der Waals surface area contributed by atoms with Gasteiger partial charge in [0, 0.05) is 17.9 Å². The van der Waals surface area contributed by atoms with Crippen LogP contribution >= 0.6 is 0 Å². The number of amides is 1. The normalized spacial score (nSPS) is 11.5. The van der Waals surface area contributed by atoms with Gasteiger partial charge < -0.3 is 5.32 Å². The number of rotatable bonds is 5. The molecular weight excluding hydrogens is 380 g/mol. The second-order valence-electron chi connectivity index (χ2n) is 8.48. The summed E-state index contributed by atoms with van der Waals surface area (Å²) in [6, 6.07) is 7.44. The summed E-state index contributed by atoms with van der Waals surface area (Å²) in [4.78, 5) is 45.4. The Hall–Kier alpha value is -3.22. The Kier molecular flexibility index (Phi) is 5.92. The van der Waals surface area contributed by atoms with E-state index in [1.165, 1.54) is 4.57 Å². The number of aromatic amines is 1. The van der Waals surface area contributed by atoms with Crippen molar-refractivity contribution in [3.05, 3.63) is 67.5 Å². The molecule has 2 aromatic heterocycles. The third-order valence-electron chi connectivity index (χ3n) is 4.99. The fourth-order valence-corrected chi connectivity index (χ4v) is 3.36. The van der Waals surface area contributed by atoms with E-state index in [-0.39, 0.29) is 28.4 Å². The van der Waals surface area contributed by atoms with Crippen molar-refractivity contribution in [2.75, 3.05) is 5.32 Å². The van der Waals surface area contributed by atoms with E-state index in [9.17, 15) is 14.4 Å². The van der Waals surface area contributed by atoms with Gasteiger partial charge in [-0.1, -0.05) is 39.8 Å². The molecule has 7 nitrogen and oxygen atoms in total. The average Bonchev–Trinajstić information content (AvgIpc) is 2.66. The fraction of sp³-hybridized carbons (Fsp3) is 0.391. The Labute approximate surface area is 175 Å². The standard InChI is InChI=1S/C23H28N4O3/c1-12(2)11-27-20-19(22(29)26-23(27)30)16(10-17(24-20)13(3)4)21(28)25-18-9-14(5)7-8-15(18)6/h7-10,12-13H,11H2,1-6H3,(H,25,28)(H,26,29,30). The summed E-state index contributed by atoms with van der Waals surface area (Å²) < 4.78 is 1.45. The predicted molar refractivity (Wildman–Crippen MR) is 119 cm³/mol. The lowest BCUT2D eigenvalue weighted by molar-refractivity contribution is 0.102. The van der Waals surface area contributed by atoms with Crippen LogP contribution in [0.5, 0.6) is 0 Å². The summed E-state index contributed by atoms with van der Waals surface area (Å²) in [5.41, 5.74) is 2.60. The van der Waals surface area contributed by atoms with Crippen molar-refractivity contribution in [3.63, 3.8) is 0 Å². The number of hydrogen-bond donors (Lipinski definition) is 2. The zero-order valence-corrected chi connectivity index (χ0v) is 18.3. The minimum absolute atomic E-state index is 0.0172. The van der Waals surface area contributed by atoms with Gasteiger partial charge in [-0.2, -0.15) is 0 Å². The number of benzene rings is 1. The third kappa shape index (κ3) is 4.20. The molecule has 0 saturated heterocycles. The van der Waals surface area contributed by atoms with Gasteiger partial charge in [0.15, 0.2) is 5.65 Å². The predicted octanol–water partition coefficient (Wildman–Crippen LogP) is 3.73. The van der Waals surface area contributed by atoms with Crippen LogP contribution in [0, 0.1) is 19.8 Å². The summed E-state index contributed by atoms with van der Waals surface area (Å²) >= 11 is 0. The lowest BCUT2D eigenvalue weighted by Crippen LogP contribution is -2.33. The molecule has 3 aromatic rings. The van der Waals surface area contributed by atoms with E-state index in [1.807, 2.05) is 59.7 Å². The zero-order valence-electron chi connectivity index (χ0n) is 18.3. The smallest absolute Gasteiger partial charge is 0.322 e. The number of aryl methyl sites for hydroxylation is 2. The Balaban J connectivity index is 2.27. The molecule has 1 amide bonds. The summed E-state index contributed by atoms with van der Waals surface area (Å²) in [5, 5.41) is 3.05. The lowest BCUT2D eigenvalue weighted by Gasteiger charge is -2.16. The minimum Gasteiger partial charge on any atom is -0.322 e. The molecule has 3 rings (SSSR count). The molecular formula is C23H28N4O3. The van der Waals surface area contributed by atoms with Gasteiger partial charge in [-0.15, -0.1) is 0 Å². The molecule has 2 N–H and O–H groups in total. The summed E-state index contributed by atoms with van der Waals surface area (Å²) in [7, 11) is 0. The van der Waals surface area contributed by atoms with Crippen LogP contribution in [-0.2, 0) is 6.54 Å². The van der Waals surface area contributed by atoms with E-state index in [0.29, 0.717) is 17.9 Å². The van der Waals surface area contributed by atoms with Gasteiger partial charge in [0.2, 0.25) is 0 Å². The van der Waals surface area contributed by atoms with E-state index in [0.717, 1.165) is 11.1 Å². The highest BCUT2D eigenvalue weighted by Gasteiger charge is 2.21. The molecule has 0 bridgehead atoms. The number of carbonyl (C=O) groups is 1. The molecule has 0 unspecified atom stereocenters. The molecule has 7 heteroatoms. The molecule has 2 heterocycles. The number of carbonyl (C=O) groups excluding carboxylic acids is 1. The summed E-state index contributed by atoms with van der Waals surface area (Å²) in [6.07, 6.45) is 0. The SMILES string of the molecule is Cc1ccc(C)c(NC(=O)c2cc(C(C)C)nc3c2c(=O)[nH]c(=O)n3CC(C)C)c1. The lowest BCUT2D eigenvalue weighted by atomic mass is 10.0. The van der Waals surface area contributed by atoms with Crippen LogP contribution in [0.2, 0.25) is 0 Å². The van der Waals surface area contributed by atoms with Crippen molar-refractivity contribution < 1.29 is 4.79 Å². The topological polar surface area (TPSA) is 96.8 Å². The number of anilines is 1. The van der Waals surface area contributed by atoms with E-state index in [1.54, 1.807) is 6.07 Å². The Bertz CT molecular complexity index is 1240. The second-order valence-corrected chi connectivity index (χ2v) is 8.48. The third-order valence-corrected chi connectivity index (χ3v) is 4.99. The number of nitrogens with zero attached hydrogens (tertiary/aromatic N) is 2. The average molecular weight is 409 g/mol. The Morgan fingerprint density at radius 1 is 1.13 bits per heavy atom. The highest BCUT2D eigenvalue weighted by molar-refractivity contribution is 6.12. The number of pyridine rings is 1. The Morgan fingerprint density at radius 3 is 2.47 bits per heavy atom. The monoisotopic (exact) mass is 408 g/mol. The van der Waals surface area contributed by atoms with Crippen molar-refractivity contribution in [3.8, 4) is 0 Å². The number of aromatic nitrogens is 3. The zero-order chi connectivity index (χ0) is 22.2. The van der Waals surface area contributed by atoms with Gasteiger partial charge >= 0.3 is 5.69 Å². The van der Waals surface area contributed by atoms with Crippen LogP contribution in [0.15, 0.2) is 33.9 Å².